The van der Waals surface area contributed by atoms with E-state index in [1.54, 1.807) is 5.38 Å². The van der Waals surface area contributed by atoms with Crippen molar-refractivity contribution in [2.24, 2.45) is 5.73 Å². The lowest BCUT2D eigenvalue weighted by atomic mass is 10.0. The van der Waals surface area contributed by atoms with E-state index < -0.39 is 0 Å². The van der Waals surface area contributed by atoms with Gasteiger partial charge in [0.2, 0.25) is 5.78 Å². The number of aryl methyl sites for hydroxylation is 2. The predicted octanol–water partition coefficient (Wildman–Crippen LogP) is 3.01. The van der Waals surface area contributed by atoms with E-state index in [-0.39, 0.29) is 11.8 Å². The fourth-order valence-corrected chi connectivity index (χ4v) is 2.48. The Morgan fingerprint density at radius 1 is 1.39 bits per heavy atom. The van der Waals surface area contributed by atoms with Crippen molar-refractivity contribution in [2.75, 3.05) is 0 Å². The molecule has 0 aliphatic heterocycles. The van der Waals surface area contributed by atoms with Crippen molar-refractivity contribution < 1.29 is 4.79 Å². The first-order valence-corrected chi connectivity index (χ1v) is 6.70. The van der Waals surface area contributed by atoms with Crippen LogP contribution in [0.15, 0.2) is 23.6 Å². The Bertz CT molecular complexity index is 587. The Kier molecular flexibility index (Phi) is 3.59. The van der Waals surface area contributed by atoms with Crippen molar-refractivity contribution >= 4 is 17.1 Å². The smallest absolute Gasteiger partial charge is 0.212 e. The number of thiazole rings is 1. The van der Waals surface area contributed by atoms with Crippen molar-refractivity contribution in [3.8, 4) is 0 Å². The Hall–Kier alpha value is -1.52. The molecule has 0 spiro atoms. The SMILES string of the molecule is Cc1ccc(C)c(C(=O)c2csc(C(C)N)n2)c1. The number of hydrogen-bond acceptors (Lipinski definition) is 4. The second kappa shape index (κ2) is 5.00. The quantitative estimate of drug-likeness (QED) is 0.863. The van der Waals surface area contributed by atoms with E-state index in [4.69, 9.17) is 5.73 Å². The van der Waals surface area contributed by atoms with Crippen molar-refractivity contribution in [2.45, 2.75) is 26.8 Å². The first-order valence-electron chi connectivity index (χ1n) is 5.82. The van der Waals surface area contributed by atoms with Crippen LogP contribution in [0, 0.1) is 13.8 Å². The zero-order valence-corrected chi connectivity index (χ0v) is 11.5. The van der Waals surface area contributed by atoms with Gasteiger partial charge in [-0.1, -0.05) is 17.7 Å². The molecule has 2 N–H and O–H groups in total. The van der Waals surface area contributed by atoms with Gasteiger partial charge in [-0.15, -0.1) is 11.3 Å². The van der Waals surface area contributed by atoms with Crippen LogP contribution < -0.4 is 5.73 Å². The molecule has 0 bridgehead atoms. The van der Waals surface area contributed by atoms with Gasteiger partial charge in [-0.3, -0.25) is 4.79 Å². The van der Waals surface area contributed by atoms with Crippen LogP contribution in [0.3, 0.4) is 0 Å². The number of carbonyl (C=O) groups excluding carboxylic acids is 1. The largest absolute Gasteiger partial charge is 0.322 e. The van der Waals surface area contributed by atoms with Gasteiger partial charge in [0, 0.05) is 10.9 Å². The Morgan fingerprint density at radius 3 is 2.72 bits per heavy atom. The molecule has 1 aromatic heterocycles. The lowest BCUT2D eigenvalue weighted by Gasteiger charge is -2.04. The summed E-state index contributed by atoms with van der Waals surface area (Å²) in [6, 6.07) is 5.74. The molecule has 94 valence electrons. The number of carbonyl (C=O) groups is 1. The summed E-state index contributed by atoms with van der Waals surface area (Å²) in [5, 5.41) is 2.58. The van der Waals surface area contributed by atoms with Crippen LogP contribution in [0.2, 0.25) is 0 Å². The number of nitrogens with two attached hydrogens (primary N) is 1. The summed E-state index contributed by atoms with van der Waals surface area (Å²) < 4.78 is 0. The summed E-state index contributed by atoms with van der Waals surface area (Å²) >= 11 is 1.43. The topological polar surface area (TPSA) is 56.0 Å². The summed E-state index contributed by atoms with van der Waals surface area (Å²) in [6.07, 6.45) is 0. The molecule has 2 aromatic rings. The lowest BCUT2D eigenvalue weighted by Crippen LogP contribution is -2.07. The van der Waals surface area contributed by atoms with Gasteiger partial charge in [0.05, 0.1) is 6.04 Å². The van der Waals surface area contributed by atoms with E-state index in [0.717, 1.165) is 21.7 Å². The van der Waals surface area contributed by atoms with Gasteiger partial charge in [0.1, 0.15) is 10.7 Å². The first kappa shape index (κ1) is 12.9. The van der Waals surface area contributed by atoms with Crippen molar-refractivity contribution in [1.29, 1.82) is 0 Å². The summed E-state index contributed by atoms with van der Waals surface area (Å²) in [5.74, 6) is -0.0284. The van der Waals surface area contributed by atoms with Crippen molar-refractivity contribution in [3.63, 3.8) is 0 Å². The summed E-state index contributed by atoms with van der Waals surface area (Å²) in [7, 11) is 0. The summed E-state index contributed by atoms with van der Waals surface area (Å²) in [6.45, 7) is 5.78. The Labute approximate surface area is 111 Å². The highest BCUT2D eigenvalue weighted by Crippen LogP contribution is 2.20. The highest BCUT2D eigenvalue weighted by atomic mass is 32.1. The molecule has 0 amide bonds. The highest BCUT2D eigenvalue weighted by molar-refractivity contribution is 7.09. The number of nitrogens with zero attached hydrogens (tertiary/aromatic N) is 1. The molecule has 1 unspecified atom stereocenters. The molecule has 3 nitrogen and oxygen atoms in total. The zero-order chi connectivity index (χ0) is 13.3. The summed E-state index contributed by atoms with van der Waals surface area (Å²) in [4.78, 5) is 16.7. The molecule has 0 aliphatic carbocycles. The Balaban J connectivity index is 2.38. The zero-order valence-electron chi connectivity index (χ0n) is 10.7. The minimum Gasteiger partial charge on any atom is -0.322 e. The molecule has 0 fully saturated rings. The summed E-state index contributed by atoms with van der Waals surface area (Å²) in [5.41, 5.74) is 9.01. The van der Waals surface area contributed by atoms with Gasteiger partial charge in [-0.05, 0) is 32.4 Å². The maximum atomic E-state index is 12.4. The molecular formula is C14H16N2OS. The van der Waals surface area contributed by atoms with E-state index in [0.29, 0.717) is 5.69 Å². The minimum absolute atomic E-state index is 0.0284. The van der Waals surface area contributed by atoms with E-state index in [2.05, 4.69) is 4.98 Å². The molecule has 4 heteroatoms. The average Bonchev–Trinajstić information content (AvgIpc) is 2.81. The monoisotopic (exact) mass is 260 g/mol. The van der Waals surface area contributed by atoms with E-state index in [1.807, 2.05) is 39.0 Å². The molecule has 0 saturated carbocycles. The predicted molar refractivity (Wildman–Crippen MR) is 74.1 cm³/mol. The van der Waals surface area contributed by atoms with Crippen LogP contribution in [-0.4, -0.2) is 10.8 Å². The maximum Gasteiger partial charge on any atom is 0.212 e. The average molecular weight is 260 g/mol. The lowest BCUT2D eigenvalue weighted by molar-refractivity contribution is 0.103. The van der Waals surface area contributed by atoms with Crippen LogP contribution in [0.25, 0.3) is 0 Å². The molecule has 1 aromatic carbocycles. The molecule has 1 heterocycles. The van der Waals surface area contributed by atoms with E-state index in [9.17, 15) is 4.79 Å². The van der Waals surface area contributed by atoms with Crippen LogP contribution in [0.4, 0.5) is 0 Å². The van der Waals surface area contributed by atoms with Gasteiger partial charge in [-0.25, -0.2) is 4.98 Å². The fraction of sp³-hybridized carbons (Fsp3) is 0.286. The maximum absolute atomic E-state index is 12.4. The standard InChI is InChI=1S/C14H16N2OS/c1-8-4-5-9(2)11(6-8)13(17)12-7-18-14(16-12)10(3)15/h4-7,10H,15H2,1-3H3. The fourth-order valence-electron chi connectivity index (χ4n) is 1.72. The van der Waals surface area contributed by atoms with Crippen LogP contribution in [-0.2, 0) is 0 Å². The molecule has 1 atom stereocenters. The molecule has 0 aliphatic rings. The molecular weight excluding hydrogens is 244 g/mol. The number of aromatic nitrogens is 1. The molecule has 2 rings (SSSR count). The highest BCUT2D eigenvalue weighted by Gasteiger charge is 2.16. The third-order valence-corrected chi connectivity index (χ3v) is 3.83. The van der Waals surface area contributed by atoms with Crippen molar-refractivity contribution in [3.05, 3.63) is 51.0 Å². The number of rotatable bonds is 3. The molecule has 0 saturated heterocycles. The normalized spacial score (nSPS) is 12.4. The third kappa shape index (κ3) is 2.49. The third-order valence-electron chi connectivity index (χ3n) is 2.78. The van der Waals surface area contributed by atoms with Crippen LogP contribution in [0.1, 0.15) is 45.2 Å². The second-order valence-electron chi connectivity index (χ2n) is 4.51. The van der Waals surface area contributed by atoms with E-state index in [1.165, 1.54) is 11.3 Å². The number of benzene rings is 1. The molecule has 0 radical (unpaired) electrons. The van der Waals surface area contributed by atoms with Gasteiger partial charge in [0.15, 0.2) is 0 Å². The number of ketones is 1. The van der Waals surface area contributed by atoms with Crippen LogP contribution >= 0.6 is 11.3 Å². The van der Waals surface area contributed by atoms with Gasteiger partial charge in [0.25, 0.3) is 0 Å². The molecule has 18 heavy (non-hydrogen) atoms. The number of hydrogen-bond donors (Lipinski definition) is 1. The van der Waals surface area contributed by atoms with Gasteiger partial charge < -0.3 is 5.73 Å². The van der Waals surface area contributed by atoms with Gasteiger partial charge in [-0.2, -0.15) is 0 Å². The second-order valence-corrected chi connectivity index (χ2v) is 5.40. The minimum atomic E-state index is -0.129. The van der Waals surface area contributed by atoms with Crippen LogP contribution in [0.5, 0.6) is 0 Å². The van der Waals surface area contributed by atoms with Crippen molar-refractivity contribution in [1.82, 2.24) is 4.98 Å². The Morgan fingerprint density at radius 2 is 2.11 bits per heavy atom. The van der Waals surface area contributed by atoms with E-state index >= 15 is 0 Å². The first-order chi connectivity index (χ1) is 8.49. The van der Waals surface area contributed by atoms with Gasteiger partial charge >= 0.3 is 0 Å².